The summed E-state index contributed by atoms with van der Waals surface area (Å²) in [5, 5.41) is 13.2. The molecule has 18 heavy (non-hydrogen) atoms. The third-order valence-corrected chi connectivity index (χ3v) is 3.26. The number of carboxylic acids is 1. The molecule has 0 atom stereocenters. The van der Waals surface area contributed by atoms with E-state index in [4.69, 9.17) is 4.52 Å². The molecule has 102 valence electrons. The highest BCUT2D eigenvalue weighted by molar-refractivity contribution is 5.74. The lowest BCUT2D eigenvalue weighted by atomic mass is 9.79. The Balaban J connectivity index is 2.82. The van der Waals surface area contributed by atoms with Gasteiger partial charge in [0.25, 0.3) is 0 Å². The number of aliphatic carboxylic acids is 1. The molecule has 1 aromatic heterocycles. The first-order valence-corrected chi connectivity index (χ1v) is 6.13. The molecule has 0 fully saturated rings. The zero-order valence-electron chi connectivity index (χ0n) is 11.4. The normalized spacial score (nSPS) is 12.1. The van der Waals surface area contributed by atoms with Crippen molar-refractivity contribution in [3.8, 4) is 0 Å². The number of carbonyl (C=O) groups is 1. The largest absolute Gasteiger partial charge is 0.481 e. The summed E-state index contributed by atoms with van der Waals surface area (Å²) < 4.78 is 5.12. The monoisotopic (exact) mass is 255 g/mol. The van der Waals surface area contributed by atoms with Crippen molar-refractivity contribution in [2.24, 2.45) is 5.41 Å². The highest BCUT2D eigenvalue weighted by Crippen LogP contribution is 2.30. The minimum Gasteiger partial charge on any atom is -0.481 e. The van der Waals surface area contributed by atoms with Crippen molar-refractivity contribution in [2.45, 2.75) is 39.7 Å². The fraction of sp³-hybridized carbons (Fsp3) is 0.750. The van der Waals surface area contributed by atoms with Crippen LogP contribution in [0.1, 0.15) is 38.4 Å². The molecule has 6 heteroatoms. The van der Waals surface area contributed by atoms with Gasteiger partial charge >= 0.3 is 5.97 Å². The van der Waals surface area contributed by atoms with E-state index in [1.807, 2.05) is 32.8 Å². The van der Waals surface area contributed by atoms with Crippen LogP contribution in [0.5, 0.6) is 0 Å². The molecule has 6 nitrogen and oxygen atoms in total. The Morgan fingerprint density at radius 2 is 2.00 bits per heavy atom. The average Bonchev–Trinajstić information content (AvgIpc) is 2.72. The summed E-state index contributed by atoms with van der Waals surface area (Å²) >= 11 is 0. The van der Waals surface area contributed by atoms with Crippen LogP contribution >= 0.6 is 0 Å². The maximum atomic E-state index is 11.4. The molecule has 1 aromatic rings. The molecule has 0 aliphatic heterocycles. The second kappa shape index (κ2) is 5.95. The van der Waals surface area contributed by atoms with Crippen molar-refractivity contribution in [3.63, 3.8) is 0 Å². The lowest BCUT2D eigenvalue weighted by Crippen LogP contribution is -2.32. The van der Waals surface area contributed by atoms with Gasteiger partial charge in [-0.05, 0) is 26.9 Å². The molecule has 1 rings (SSSR count). The Bertz CT molecular complexity index is 397. The fourth-order valence-corrected chi connectivity index (χ4v) is 1.88. The zero-order chi connectivity index (χ0) is 13.8. The van der Waals surface area contributed by atoms with Gasteiger partial charge in [0.05, 0.1) is 12.0 Å². The minimum atomic E-state index is -0.806. The SMILES string of the molecule is CCC(CC)(Cc1nc(CN(C)C)no1)C(=O)O. The average molecular weight is 255 g/mol. The highest BCUT2D eigenvalue weighted by Gasteiger charge is 2.37. The van der Waals surface area contributed by atoms with Gasteiger partial charge in [-0.25, -0.2) is 0 Å². The lowest BCUT2D eigenvalue weighted by molar-refractivity contribution is -0.149. The molecule has 0 aliphatic rings. The minimum absolute atomic E-state index is 0.287. The van der Waals surface area contributed by atoms with Crippen LogP contribution in [0.4, 0.5) is 0 Å². The number of nitrogens with zero attached hydrogens (tertiary/aromatic N) is 3. The van der Waals surface area contributed by atoms with Crippen molar-refractivity contribution < 1.29 is 14.4 Å². The summed E-state index contributed by atoms with van der Waals surface area (Å²) in [5.74, 6) is 0.180. The zero-order valence-corrected chi connectivity index (χ0v) is 11.4. The van der Waals surface area contributed by atoms with Gasteiger partial charge in [0, 0.05) is 6.42 Å². The van der Waals surface area contributed by atoms with E-state index < -0.39 is 11.4 Å². The smallest absolute Gasteiger partial charge is 0.310 e. The van der Waals surface area contributed by atoms with Gasteiger partial charge in [0.15, 0.2) is 5.82 Å². The van der Waals surface area contributed by atoms with Crippen molar-refractivity contribution in [1.82, 2.24) is 15.0 Å². The van der Waals surface area contributed by atoms with E-state index in [-0.39, 0.29) is 6.42 Å². The van der Waals surface area contributed by atoms with E-state index in [2.05, 4.69) is 10.1 Å². The van der Waals surface area contributed by atoms with Crippen LogP contribution in [0.15, 0.2) is 4.52 Å². The maximum absolute atomic E-state index is 11.4. The standard InChI is InChI=1S/C12H21N3O3/c1-5-12(6-2,11(16)17)7-10-13-9(14-18-10)8-15(3)4/h5-8H2,1-4H3,(H,16,17). The molecule has 0 saturated heterocycles. The first kappa shape index (κ1) is 14.6. The summed E-state index contributed by atoms with van der Waals surface area (Å²) in [5.41, 5.74) is -0.804. The molecule has 0 saturated carbocycles. The molecule has 0 spiro atoms. The van der Waals surface area contributed by atoms with Crippen LogP contribution < -0.4 is 0 Å². The number of hydrogen-bond acceptors (Lipinski definition) is 5. The summed E-state index contributed by atoms with van der Waals surface area (Å²) in [6, 6.07) is 0. The second-order valence-corrected chi connectivity index (χ2v) is 4.81. The summed E-state index contributed by atoms with van der Waals surface area (Å²) in [4.78, 5) is 17.5. The van der Waals surface area contributed by atoms with Crippen molar-refractivity contribution in [2.75, 3.05) is 14.1 Å². The highest BCUT2D eigenvalue weighted by atomic mass is 16.5. The predicted molar refractivity (Wildman–Crippen MR) is 66.0 cm³/mol. The number of hydrogen-bond donors (Lipinski definition) is 1. The third kappa shape index (κ3) is 3.29. The van der Waals surface area contributed by atoms with Gasteiger partial charge in [0.2, 0.25) is 5.89 Å². The molecule has 0 unspecified atom stereocenters. The number of carboxylic acid groups (broad SMARTS) is 1. The number of rotatable bonds is 7. The molecule has 0 bridgehead atoms. The van der Waals surface area contributed by atoms with E-state index in [0.717, 1.165) is 0 Å². The van der Waals surface area contributed by atoms with Crippen LogP contribution in [-0.2, 0) is 17.8 Å². The molecular weight excluding hydrogens is 234 g/mol. The Kier molecular flexibility index (Phi) is 4.84. The molecule has 0 aromatic carbocycles. The van der Waals surface area contributed by atoms with E-state index >= 15 is 0 Å². The van der Waals surface area contributed by atoms with Gasteiger partial charge in [-0.15, -0.1) is 0 Å². The molecular formula is C12H21N3O3. The van der Waals surface area contributed by atoms with Gasteiger partial charge in [-0.3, -0.25) is 4.79 Å². The molecule has 1 N–H and O–H groups in total. The van der Waals surface area contributed by atoms with Crippen molar-refractivity contribution in [1.29, 1.82) is 0 Å². The number of aromatic nitrogens is 2. The molecule has 0 aliphatic carbocycles. The molecule has 0 amide bonds. The van der Waals surface area contributed by atoms with E-state index in [1.54, 1.807) is 0 Å². The topological polar surface area (TPSA) is 79.5 Å². The van der Waals surface area contributed by atoms with Gasteiger partial charge in [-0.1, -0.05) is 19.0 Å². The van der Waals surface area contributed by atoms with Crippen LogP contribution in [0.3, 0.4) is 0 Å². The second-order valence-electron chi connectivity index (χ2n) is 4.81. The Morgan fingerprint density at radius 3 is 2.44 bits per heavy atom. The van der Waals surface area contributed by atoms with E-state index in [1.165, 1.54) is 0 Å². The fourth-order valence-electron chi connectivity index (χ4n) is 1.88. The maximum Gasteiger partial charge on any atom is 0.310 e. The van der Waals surface area contributed by atoms with E-state index in [0.29, 0.717) is 31.1 Å². The van der Waals surface area contributed by atoms with Crippen LogP contribution in [0, 0.1) is 5.41 Å². The van der Waals surface area contributed by atoms with Crippen LogP contribution in [0.2, 0.25) is 0 Å². The Labute approximate surface area is 107 Å². The van der Waals surface area contributed by atoms with Gasteiger partial charge < -0.3 is 14.5 Å². The lowest BCUT2D eigenvalue weighted by Gasteiger charge is -2.24. The van der Waals surface area contributed by atoms with E-state index in [9.17, 15) is 9.90 Å². The quantitative estimate of drug-likeness (QED) is 0.796. The van der Waals surface area contributed by atoms with Gasteiger partial charge in [0.1, 0.15) is 0 Å². The first-order chi connectivity index (χ1) is 8.43. The van der Waals surface area contributed by atoms with Crippen molar-refractivity contribution >= 4 is 5.97 Å². The van der Waals surface area contributed by atoms with Crippen LogP contribution in [0.25, 0.3) is 0 Å². The summed E-state index contributed by atoms with van der Waals surface area (Å²) in [7, 11) is 3.82. The predicted octanol–water partition coefficient (Wildman–Crippen LogP) is 1.56. The summed E-state index contributed by atoms with van der Waals surface area (Å²) in [6.45, 7) is 4.32. The Morgan fingerprint density at radius 1 is 1.39 bits per heavy atom. The molecule has 0 radical (unpaired) electrons. The Hall–Kier alpha value is -1.43. The van der Waals surface area contributed by atoms with Crippen LogP contribution in [-0.4, -0.2) is 40.2 Å². The first-order valence-electron chi connectivity index (χ1n) is 6.13. The third-order valence-electron chi connectivity index (χ3n) is 3.26. The molecule has 1 heterocycles. The summed E-state index contributed by atoms with van der Waals surface area (Å²) in [6.07, 6.45) is 1.38. The van der Waals surface area contributed by atoms with Crippen molar-refractivity contribution in [3.05, 3.63) is 11.7 Å². The van der Waals surface area contributed by atoms with Gasteiger partial charge in [-0.2, -0.15) is 4.98 Å².